The fourth-order valence-electron chi connectivity index (χ4n) is 5.20. The molecule has 4 heterocycles. The fraction of sp³-hybridized carbons (Fsp3) is 0.294. The van der Waals surface area contributed by atoms with E-state index in [0.29, 0.717) is 65.6 Å². The molecule has 13 nitrogen and oxygen atoms in total. The van der Waals surface area contributed by atoms with Crippen LogP contribution in [0.25, 0.3) is 11.3 Å². The van der Waals surface area contributed by atoms with E-state index < -0.39 is 11.7 Å². The van der Waals surface area contributed by atoms with Crippen molar-refractivity contribution in [2.45, 2.75) is 19.9 Å². The molecule has 0 bridgehead atoms. The molecule has 256 valence electrons. The maximum absolute atomic E-state index is 14.0. The zero-order chi connectivity index (χ0) is 35.1. The average molecular weight is 688 g/mol. The van der Waals surface area contributed by atoms with Gasteiger partial charge in [-0.05, 0) is 51.4 Å². The summed E-state index contributed by atoms with van der Waals surface area (Å²) >= 11 is 1.07. The predicted octanol–water partition coefficient (Wildman–Crippen LogP) is 4.86. The Labute approximate surface area is 287 Å². The number of carbonyl (C=O) groups is 3. The maximum atomic E-state index is 14.0. The Morgan fingerprint density at radius 1 is 1.08 bits per heavy atom. The van der Waals surface area contributed by atoms with Crippen LogP contribution in [0, 0.1) is 5.82 Å². The van der Waals surface area contributed by atoms with Gasteiger partial charge in [-0.25, -0.2) is 19.3 Å². The van der Waals surface area contributed by atoms with Crippen LogP contribution < -0.4 is 25.6 Å². The third-order valence-electron chi connectivity index (χ3n) is 7.57. The van der Waals surface area contributed by atoms with Crippen LogP contribution in [-0.4, -0.2) is 95.9 Å². The van der Waals surface area contributed by atoms with Gasteiger partial charge in [0.05, 0.1) is 30.4 Å². The number of piperazine rings is 1. The molecular formula is C34H38FN9O4S. The molecule has 4 aromatic rings. The highest BCUT2D eigenvalue weighted by Gasteiger charge is 2.29. The molecule has 0 spiro atoms. The van der Waals surface area contributed by atoms with Crippen molar-refractivity contribution in [1.29, 1.82) is 0 Å². The zero-order valence-corrected chi connectivity index (χ0v) is 28.7. The summed E-state index contributed by atoms with van der Waals surface area (Å²) in [7, 11) is 5.40. The van der Waals surface area contributed by atoms with Crippen molar-refractivity contribution in [3.63, 3.8) is 0 Å². The lowest BCUT2D eigenvalue weighted by Gasteiger charge is -2.41. The van der Waals surface area contributed by atoms with E-state index in [2.05, 4.69) is 25.8 Å². The number of anilines is 5. The predicted molar refractivity (Wildman–Crippen MR) is 189 cm³/mol. The smallest absolute Gasteiger partial charge is 0.267 e. The van der Waals surface area contributed by atoms with E-state index in [0.717, 1.165) is 11.3 Å². The van der Waals surface area contributed by atoms with Crippen molar-refractivity contribution in [3.05, 3.63) is 77.7 Å². The third-order valence-corrected chi connectivity index (χ3v) is 8.48. The highest BCUT2D eigenvalue weighted by atomic mass is 32.1. The number of para-hydroxylation sites is 1. The quantitative estimate of drug-likeness (QED) is 0.187. The molecule has 5 rings (SSSR count). The number of rotatable bonds is 11. The number of methoxy groups -OCH3 is 1. The first-order valence-corrected chi connectivity index (χ1v) is 16.3. The van der Waals surface area contributed by atoms with Crippen LogP contribution in [0.1, 0.15) is 23.5 Å². The van der Waals surface area contributed by atoms with Crippen LogP contribution in [0.4, 0.5) is 32.5 Å². The van der Waals surface area contributed by atoms with Gasteiger partial charge in [-0.3, -0.25) is 14.4 Å². The van der Waals surface area contributed by atoms with Crippen LogP contribution >= 0.6 is 11.3 Å². The van der Waals surface area contributed by atoms with Crippen molar-refractivity contribution in [2.75, 3.05) is 68.2 Å². The van der Waals surface area contributed by atoms with E-state index in [1.54, 1.807) is 36.5 Å². The van der Waals surface area contributed by atoms with E-state index >= 15 is 0 Å². The Bertz CT molecular complexity index is 1860. The van der Waals surface area contributed by atoms with Crippen molar-refractivity contribution >= 4 is 57.2 Å². The molecule has 1 fully saturated rings. The molecule has 1 aliphatic rings. The van der Waals surface area contributed by atoms with Gasteiger partial charge in [0.2, 0.25) is 11.8 Å². The van der Waals surface area contributed by atoms with Crippen LogP contribution in [0.3, 0.4) is 0 Å². The van der Waals surface area contributed by atoms with Crippen molar-refractivity contribution in [1.82, 2.24) is 24.8 Å². The fourth-order valence-corrected chi connectivity index (χ4v) is 5.91. The number of amides is 3. The summed E-state index contributed by atoms with van der Waals surface area (Å²) in [5, 5.41) is 8.94. The molecule has 1 unspecified atom stereocenters. The monoisotopic (exact) mass is 687 g/mol. The minimum Gasteiger partial charge on any atom is -0.493 e. The van der Waals surface area contributed by atoms with Gasteiger partial charge in [0, 0.05) is 57.0 Å². The van der Waals surface area contributed by atoms with Gasteiger partial charge < -0.3 is 35.4 Å². The molecule has 49 heavy (non-hydrogen) atoms. The number of aromatic nitrogens is 3. The molecule has 0 saturated carbocycles. The van der Waals surface area contributed by atoms with E-state index in [1.165, 1.54) is 32.4 Å². The molecule has 1 atom stereocenters. The number of likely N-dealkylation sites (N-methyl/N-ethyl adjacent to an activating group) is 1. The maximum Gasteiger partial charge on any atom is 0.267 e. The minimum atomic E-state index is -0.540. The number of pyridine rings is 2. The lowest BCUT2D eigenvalue weighted by Crippen LogP contribution is -2.53. The SMILES string of the molecule is COc1ccc(-c2cnc(N3CCN(C(=O)/C=C/CN(C)C)CC3C)c(NC(C)=O)c2)nc1Nc1ncc(C(=O)Nc2ccccc2F)s1. The average Bonchev–Trinajstić information content (AvgIpc) is 3.54. The Hall–Kier alpha value is -5.41. The standard InChI is InChI=1S/C34H38FN9O4S/c1-21-20-43(30(46)11-8-14-42(3)4)15-16-44(21)32-27(38-22(2)45)17-23(18-36-32)25-12-13-28(48-5)31(39-25)41-34-37-19-29(49-34)33(47)40-26-10-7-6-9-24(26)35/h6-13,17-19,21H,14-16,20H2,1-5H3,(H,38,45)(H,40,47)(H,37,39,41)/b11-8+. The molecular weight excluding hydrogens is 649 g/mol. The van der Waals surface area contributed by atoms with E-state index in [9.17, 15) is 18.8 Å². The summed E-state index contributed by atoms with van der Waals surface area (Å²) < 4.78 is 19.5. The van der Waals surface area contributed by atoms with Gasteiger partial charge in [0.15, 0.2) is 22.5 Å². The molecule has 3 aromatic heterocycles. The molecule has 1 saturated heterocycles. The molecule has 15 heteroatoms. The van der Waals surface area contributed by atoms with Crippen LogP contribution in [0.5, 0.6) is 5.75 Å². The van der Waals surface area contributed by atoms with Crippen molar-refractivity contribution in [2.24, 2.45) is 0 Å². The summed E-state index contributed by atoms with van der Waals surface area (Å²) in [6.07, 6.45) is 6.54. The number of carbonyl (C=O) groups excluding carboxylic acids is 3. The molecule has 3 N–H and O–H groups in total. The van der Waals surface area contributed by atoms with Gasteiger partial charge in [-0.2, -0.15) is 0 Å². The first kappa shape index (κ1) is 34.9. The lowest BCUT2D eigenvalue weighted by molar-refractivity contribution is -0.126. The number of ether oxygens (including phenoxy) is 1. The number of thiazole rings is 1. The first-order chi connectivity index (χ1) is 23.5. The minimum absolute atomic E-state index is 0.0338. The summed E-state index contributed by atoms with van der Waals surface area (Å²) in [4.78, 5) is 57.7. The van der Waals surface area contributed by atoms with Gasteiger partial charge in [-0.1, -0.05) is 29.5 Å². The van der Waals surface area contributed by atoms with Crippen LogP contribution in [-0.2, 0) is 9.59 Å². The number of nitrogens with one attached hydrogen (secondary N) is 3. The topological polar surface area (TPSA) is 145 Å². The molecule has 0 radical (unpaired) electrons. The molecule has 1 aliphatic heterocycles. The van der Waals surface area contributed by atoms with E-state index in [1.807, 2.05) is 43.0 Å². The van der Waals surface area contributed by atoms with E-state index in [-0.39, 0.29) is 28.4 Å². The lowest BCUT2D eigenvalue weighted by atomic mass is 10.1. The van der Waals surface area contributed by atoms with Gasteiger partial charge >= 0.3 is 0 Å². The van der Waals surface area contributed by atoms with Crippen molar-refractivity contribution in [3.8, 4) is 17.0 Å². The summed E-state index contributed by atoms with van der Waals surface area (Å²) in [6, 6.07) is 11.2. The Balaban J connectivity index is 1.34. The Kier molecular flexibility index (Phi) is 11.2. The summed E-state index contributed by atoms with van der Waals surface area (Å²) in [5.74, 6) is 0.0412. The van der Waals surface area contributed by atoms with Gasteiger partial charge in [0.1, 0.15) is 10.7 Å². The second-order valence-corrected chi connectivity index (χ2v) is 12.6. The highest BCUT2D eigenvalue weighted by Crippen LogP contribution is 2.34. The summed E-state index contributed by atoms with van der Waals surface area (Å²) in [6.45, 7) is 5.69. The second kappa shape index (κ2) is 15.7. The number of hydrogen-bond acceptors (Lipinski definition) is 11. The molecule has 0 aliphatic carbocycles. The van der Waals surface area contributed by atoms with Crippen molar-refractivity contribution < 1.29 is 23.5 Å². The number of nitrogens with zero attached hydrogens (tertiary/aromatic N) is 6. The van der Waals surface area contributed by atoms with Crippen LogP contribution in [0.2, 0.25) is 0 Å². The number of halogens is 1. The first-order valence-electron chi connectivity index (χ1n) is 15.5. The van der Waals surface area contributed by atoms with Gasteiger partial charge in [0.25, 0.3) is 5.91 Å². The van der Waals surface area contributed by atoms with E-state index in [4.69, 9.17) is 14.7 Å². The molecule has 1 aromatic carbocycles. The normalized spacial score (nSPS) is 14.6. The van der Waals surface area contributed by atoms with Gasteiger partial charge in [-0.15, -0.1) is 0 Å². The Morgan fingerprint density at radius 2 is 1.88 bits per heavy atom. The zero-order valence-electron chi connectivity index (χ0n) is 27.9. The third kappa shape index (κ3) is 8.74. The number of hydrogen-bond donors (Lipinski definition) is 3. The second-order valence-electron chi connectivity index (χ2n) is 11.6. The molecule has 3 amide bonds. The Morgan fingerprint density at radius 3 is 2.59 bits per heavy atom. The number of benzene rings is 1. The summed E-state index contributed by atoms with van der Waals surface area (Å²) in [5.41, 5.74) is 1.76. The van der Waals surface area contributed by atoms with Crippen LogP contribution in [0.15, 0.2) is 67.0 Å². The largest absolute Gasteiger partial charge is 0.493 e. The highest BCUT2D eigenvalue weighted by molar-refractivity contribution is 7.17.